The van der Waals surface area contributed by atoms with Crippen LogP contribution in [0.4, 0.5) is 0 Å². The number of esters is 1. The average Bonchev–Trinajstić information content (AvgIpc) is 3.29. The maximum Gasteiger partial charge on any atom is 0.329 e. The first-order chi connectivity index (χ1) is 31.5. The number of rotatable bonds is 6. The van der Waals surface area contributed by atoms with Gasteiger partial charge in [-0.15, -0.1) is 0 Å². The number of Topliss-reactive ketones (excluding diaryl/α,β-unsaturated/α-hetero) is 3. The van der Waals surface area contributed by atoms with E-state index in [-0.39, 0.29) is 60.7 Å². The first kappa shape index (κ1) is 56.2. The van der Waals surface area contributed by atoms with Gasteiger partial charge in [-0.25, -0.2) is 4.79 Å². The van der Waals surface area contributed by atoms with Crippen LogP contribution in [0.5, 0.6) is 0 Å². The molecule has 0 unspecified atom stereocenters. The van der Waals surface area contributed by atoms with E-state index in [1.165, 1.54) is 12.0 Å². The van der Waals surface area contributed by atoms with Gasteiger partial charge in [0, 0.05) is 57.5 Å². The monoisotopic (exact) mass is 942 g/mol. The number of aliphatic hydroxyl groups is 3. The van der Waals surface area contributed by atoms with Crippen molar-refractivity contribution < 1.29 is 63.0 Å². The molecule has 4 aliphatic rings. The normalized spacial score (nSPS) is 40.4. The summed E-state index contributed by atoms with van der Waals surface area (Å²) in [7, 11) is 4.53. The van der Waals surface area contributed by atoms with Crippen LogP contribution in [-0.4, -0.2) is 132 Å². The Morgan fingerprint density at radius 2 is 1.52 bits per heavy atom. The van der Waals surface area contributed by atoms with Gasteiger partial charge in [0.2, 0.25) is 5.79 Å². The molecular weight excluding hydrogens is 859 g/mol. The quantitative estimate of drug-likeness (QED) is 0.143. The van der Waals surface area contributed by atoms with Crippen molar-refractivity contribution in [2.75, 3.05) is 27.9 Å². The zero-order chi connectivity index (χ0) is 50.0. The number of methoxy groups -OCH3 is 3. The molecule has 3 N–H and O–H groups in total. The summed E-state index contributed by atoms with van der Waals surface area (Å²) in [5.41, 5.74) is 0.0611. The molecule has 0 aromatic carbocycles. The smallest absolute Gasteiger partial charge is 0.329 e. The number of hydrogen-bond donors (Lipinski definition) is 3. The van der Waals surface area contributed by atoms with Crippen molar-refractivity contribution in [1.82, 2.24) is 4.90 Å². The van der Waals surface area contributed by atoms with Crippen molar-refractivity contribution in [2.45, 2.75) is 187 Å². The lowest BCUT2D eigenvalue weighted by molar-refractivity contribution is -0.273. The molecule has 67 heavy (non-hydrogen) atoms. The second-order valence-electron chi connectivity index (χ2n) is 20.9. The molecule has 1 amide bonds. The van der Waals surface area contributed by atoms with Gasteiger partial charge in [-0.05, 0) is 121 Å². The number of aliphatic hydroxyl groups excluding tert-OH is 2. The van der Waals surface area contributed by atoms with Crippen molar-refractivity contribution in [2.24, 2.45) is 40.9 Å². The van der Waals surface area contributed by atoms with Crippen molar-refractivity contribution >= 4 is 29.2 Å². The van der Waals surface area contributed by atoms with Crippen LogP contribution in [0.3, 0.4) is 0 Å². The summed E-state index contributed by atoms with van der Waals surface area (Å²) in [4.78, 5) is 72.6. The Balaban J connectivity index is 1.75. The largest absolute Gasteiger partial charge is 0.460 e. The van der Waals surface area contributed by atoms with Gasteiger partial charge in [0.25, 0.3) is 11.7 Å². The Kier molecular flexibility index (Phi) is 20.9. The Bertz CT molecular complexity index is 1840. The van der Waals surface area contributed by atoms with Gasteiger partial charge >= 0.3 is 5.97 Å². The third-order valence-corrected chi connectivity index (χ3v) is 15.2. The highest BCUT2D eigenvalue weighted by molar-refractivity contribution is 6.39. The summed E-state index contributed by atoms with van der Waals surface area (Å²) in [6, 6.07) is -1.15. The maximum atomic E-state index is 14.5. The van der Waals surface area contributed by atoms with E-state index in [0.29, 0.717) is 63.4 Å². The van der Waals surface area contributed by atoms with Crippen LogP contribution >= 0.6 is 0 Å². The Labute approximate surface area is 399 Å². The van der Waals surface area contributed by atoms with Gasteiger partial charge in [0.15, 0.2) is 5.78 Å². The number of carbonyl (C=O) groups excluding carboxylic acids is 5. The minimum absolute atomic E-state index is 0.00906. The first-order valence-electron chi connectivity index (χ1n) is 24.7. The third-order valence-electron chi connectivity index (χ3n) is 15.2. The molecule has 15 atom stereocenters. The Morgan fingerprint density at radius 3 is 2.18 bits per heavy atom. The van der Waals surface area contributed by atoms with Gasteiger partial charge in [-0.2, -0.15) is 0 Å². The molecule has 3 fully saturated rings. The van der Waals surface area contributed by atoms with E-state index in [2.05, 4.69) is 0 Å². The molecule has 3 aliphatic heterocycles. The molecule has 14 nitrogen and oxygen atoms in total. The summed E-state index contributed by atoms with van der Waals surface area (Å²) >= 11 is 0. The summed E-state index contributed by atoms with van der Waals surface area (Å²) in [6.45, 7) is 16.4. The van der Waals surface area contributed by atoms with E-state index in [1.54, 1.807) is 48.0 Å². The Morgan fingerprint density at radius 1 is 0.836 bits per heavy atom. The predicted molar refractivity (Wildman–Crippen MR) is 254 cm³/mol. The van der Waals surface area contributed by atoms with Crippen LogP contribution in [0.15, 0.2) is 47.6 Å². The lowest BCUT2D eigenvalue weighted by Gasteiger charge is -2.44. The predicted octanol–water partition coefficient (Wildman–Crippen LogP) is 6.82. The highest BCUT2D eigenvalue weighted by Gasteiger charge is 2.54. The molecule has 14 heteroatoms. The molecule has 0 spiro atoms. The fourth-order valence-corrected chi connectivity index (χ4v) is 10.8. The zero-order valence-corrected chi connectivity index (χ0v) is 42.4. The van der Waals surface area contributed by atoms with Gasteiger partial charge in [-0.1, -0.05) is 71.1 Å². The fourth-order valence-electron chi connectivity index (χ4n) is 10.8. The average molecular weight is 942 g/mol. The van der Waals surface area contributed by atoms with E-state index in [0.717, 1.165) is 5.57 Å². The molecular formula is C53H83NO13. The van der Waals surface area contributed by atoms with Crippen LogP contribution in [0.1, 0.15) is 133 Å². The summed E-state index contributed by atoms with van der Waals surface area (Å²) in [5, 5.41) is 34.2. The van der Waals surface area contributed by atoms with Crippen LogP contribution < -0.4 is 0 Å². The lowest BCUT2D eigenvalue weighted by Crippen LogP contribution is -2.61. The number of allylic oxidation sites excluding steroid dienone is 6. The van der Waals surface area contributed by atoms with E-state index in [1.807, 2.05) is 65.0 Å². The van der Waals surface area contributed by atoms with Gasteiger partial charge in [-0.3, -0.25) is 19.2 Å². The molecule has 1 saturated carbocycles. The number of nitrogens with zero attached hydrogens (tertiary/aromatic N) is 1. The van der Waals surface area contributed by atoms with Gasteiger partial charge < -0.3 is 43.9 Å². The third kappa shape index (κ3) is 14.1. The number of ketones is 3. The molecule has 0 aromatic rings. The number of hydrogen-bond acceptors (Lipinski definition) is 13. The van der Waals surface area contributed by atoms with Crippen LogP contribution in [-0.2, 0) is 47.7 Å². The topological polar surface area (TPSA) is 195 Å². The zero-order valence-electron chi connectivity index (χ0n) is 42.4. The molecule has 0 radical (unpaired) electrons. The molecule has 3 heterocycles. The number of carbonyl (C=O) groups is 5. The number of cyclic esters (lactones) is 1. The molecule has 0 aromatic heterocycles. The molecule has 1 aliphatic carbocycles. The Hall–Kier alpha value is -3.37. The highest BCUT2D eigenvalue weighted by atomic mass is 16.6. The standard InChI is InChI=1S/C53H83NO13/c1-31-18-14-13-15-19-32(2)47(64-11)37(7)41-24-21-36(6)53(62,67-41)49(59)50(60)54-25-17-16-20-39(54)51(61)66-42(33(3)27-38-22-23-40(55)43(28-38)63-10)29-44(56)52(8,9)30-35(5)46(58)48(65-12)45(57)34(4)26-31/h13-15,18-19,30-31,33-34,36-43,46-48,55,58,62H,16-17,20-29H2,1-12H3/b15-13+,18-14+,32-19+,35-30+/t31-,33-,34-,36-,37-,38+,39+,40-,41+,42+,43-,46-,47-,48+,53-/m1/s1. The van der Waals surface area contributed by atoms with Gasteiger partial charge in [0.05, 0.1) is 24.4 Å². The number of amides is 1. The van der Waals surface area contributed by atoms with E-state index in [9.17, 15) is 39.3 Å². The number of ether oxygens (including phenoxy) is 5. The first-order valence-corrected chi connectivity index (χ1v) is 24.7. The molecule has 4 rings (SSSR count). The van der Waals surface area contributed by atoms with E-state index in [4.69, 9.17) is 23.7 Å². The second kappa shape index (κ2) is 25.0. The summed E-state index contributed by atoms with van der Waals surface area (Å²) in [5.74, 6) is -7.68. The van der Waals surface area contributed by atoms with Crippen molar-refractivity contribution in [1.29, 1.82) is 0 Å². The van der Waals surface area contributed by atoms with Crippen molar-refractivity contribution in [3.63, 3.8) is 0 Å². The second-order valence-corrected chi connectivity index (χ2v) is 20.9. The van der Waals surface area contributed by atoms with E-state index < -0.39 is 83.4 Å². The van der Waals surface area contributed by atoms with Crippen LogP contribution in [0.25, 0.3) is 0 Å². The maximum absolute atomic E-state index is 14.5. The molecule has 378 valence electrons. The molecule has 2 saturated heterocycles. The number of fused-ring (bicyclic) bond motifs is 3. The minimum atomic E-state index is -2.45. The fraction of sp³-hybridized carbons (Fsp3) is 0.755. The van der Waals surface area contributed by atoms with Crippen LogP contribution in [0.2, 0.25) is 0 Å². The van der Waals surface area contributed by atoms with E-state index >= 15 is 0 Å². The SMILES string of the molecule is CO[C@@H]1/C(C)=C/C=C/C=C/[C@@H](C)C[C@@H](C)C(=O)[C@H](OC)[C@H](O)/C(C)=C/C(C)(C)C(=O)C[C@@H]([C@H](C)C[C@@H]2CC[C@@H](O)[C@H](OC)C2)OC(=O)[C@@H]2CCCCN2C(=O)C(=O)[C@]2(O)O[C@@H](CC[C@H]2C)[C@H]1C. The molecule has 2 bridgehead atoms. The highest BCUT2D eigenvalue weighted by Crippen LogP contribution is 2.39. The van der Waals surface area contributed by atoms with Crippen molar-refractivity contribution in [3.8, 4) is 0 Å². The summed E-state index contributed by atoms with van der Waals surface area (Å²) in [6.07, 6.45) is 10.7. The number of piperidine rings is 1. The van der Waals surface area contributed by atoms with Gasteiger partial charge in [0.1, 0.15) is 30.1 Å². The van der Waals surface area contributed by atoms with Crippen molar-refractivity contribution in [3.05, 3.63) is 47.6 Å². The van der Waals surface area contributed by atoms with Crippen LogP contribution in [0, 0.1) is 40.9 Å². The lowest BCUT2D eigenvalue weighted by atomic mass is 9.77. The summed E-state index contributed by atoms with van der Waals surface area (Å²) < 4.78 is 29.7. The minimum Gasteiger partial charge on any atom is -0.460 e.